The van der Waals surface area contributed by atoms with E-state index in [9.17, 15) is 0 Å². The lowest BCUT2D eigenvalue weighted by Gasteiger charge is -1.83. The van der Waals surface area contributed by atoms with E-state index in [0.29, 0.717) is 11.8 Å². The summed E-state index contributed by atoms with van der Waals surface area (Å²) in [6.45, 7) is 0. The van der Waals surface area contributed by atoms with Crippen LogP contribution in [0.3, 0.4) is 0 Å². The summed E-state index contributed by atoms with van der Waals surface area (Å²) >= 11 is 10.7. The third-order valence-electron chi connectivity index (χ3n) is 0.987. The lowest BCUT2D eigenvalue weighted by atomic mass is 10.2. The minimum atomic E-state index is 0.424. The number of halogens is 2. The van der Waals surface area contributed by atoms with Gasteiger partial charge >= 0.3 is 0 Å². The molecule has 0 saturated heterocycles. The first-order valence-electron chi connectivity index (χ1n) is 3.45. The lowest BCUT2D eigenvalue weighted by molar-refractivity contribution is 0.903. The average Bonchev–Trinajstić information content (AvgIpc) is 2.03. The Hall–Kier alpha value is -0.300. The maximum Gasteiger partial charge on any atom is 0.0835 e. The summed E-state index contributed by atoms with van der Waals surface area (Å²) < 4.78 is 0. The van der Waals surface area contributed by atoms with Crippen LogP contribution >= 0.6 is 23.2 Å². The third-order valence-corrected chi connectivity index (χ3v) is 1.25. The van der Waals surface area contributed by atoms with Gasteiger partial charge in [-0.25, -0.2) is 0 Å². The first-order chi connectivity index (χ1) is 5.41. The van der Waals surface area contributed by atoms with E-state index in [2.05, 4.69) is 23.7 Å². The van der Waals surface area contributed by atoms with Crippen molar-refractivity contribution in [3.8, 4) is 23.7 Å². The topological polar surface area (TPSA) is 0 Å². The Balaban J connectivity index is 3.14. The van der Waals surface area contributed by atoms with E-state index in [1.54, 1.807) is 0 Å². The largest absolute Gasteiger partial charge is 0.113 e. The van der Waals surface area contributed by atoms with Crippen LogP contribution in [0.25, 0.3) is 0 Å². The van der Waals surface area contributed by atoms with Gasteiger partial charge in [0.15, 0.2) is 0 Å². The van der Waals surface area contributed by atoms with Gasteiger partial charge < -0.3 is 0 Å². The molecule has 0 unspecified atom stereocenters. The molecule has 2 heteroatoms. The third kappa shape index (κ3) is 9.70. The maximum absolute atomic E-state index is 5.35. The highest BCUT2D eigenvalue weighted by Crippen LogP contribution is 1.91. The molecule has 0 fully saturated rings. The van der Waals surface area contributed by atoms with Gasteiger partial charge in [-0.2, -0.15) is 0 Å². The number of hydrogen-bond donors (Lipinski definition) is 0. The summed E-state index contributed by atoms with van der Waals surface area (Å²) in [5.74, 6) is 12.3. The van der Waals surface area contributed by atoms with Crippen LogP contribution in [0.4, 0.5) is 0 Å². The Kier molecular flexibility index (Phi) is 9.44. The van der Waals surface area contributed by atoms with Crippen molar-refractivity contribution in [2.24, 2.45) is 0 Å². The van der Waals surface area contributed by atoms with Crippen molar-refractivity contribution in [3.05, 3.63) is 0 Å². The van der Waals surface area contributed by atoms with E-state index in [-0.39, 0.29) is 0 Å². The van der Waals surface area contributed by atoms with Gasteiger partial charge in [0.2, 0.25) is 0 Å². The summed E-state index contributed by atoms with van der Waals surface area (Å²) in [6, 6.07) is 0. The van der Waals surface area contributed by atoms with Gasteiger partial charge in [0.1, 0.15) is 0 Å². The van der Waals surface area contributed by atoms with Gasteiger partial charge in [-0.3, -0.25) is 0 Å². The Morgan fingerprint density at radius 1 is 0.727 bits per heavy atom. The van der Waals surface area contributed by atoms with Crippen LogP contribution in [0.5, 0.6) is 0 Å². The molecule has 0 bridgehead atoms. The van der Waals surface area contributed by atoms with Gasteiger partial charge in [-0.05, 0) is 6.42 Å². The highest BCUT2D eigenvalue weighted by atomic mass is 35.5. The van der Waals surface area contributed by atoms with E-state index in [4.69, 9.17) is 23.2 Å². The standard InChI is InChI=1S/C9H10Cl2/c10-8-6-4-2-1-3-5-7-9-11/h1-3,8-9H2. The van der Waals surface area contributed by atoms with Gasteiger partial charge in [0.25, 0.3) is 0 Å². The van der Waals surface area contributed by atoms with E-state index in [1.165, 1.54) is 0 Å². The molecule has 0 aromatic rings. The first kappa shape index (κ1) is 10.7. The summed E-state index contributed by atoms with van der Waals surface area (Å²) in [4.78, 5) is 0. The zero-order chi connectivity index (χ0) is 8.36. The predicted octanol–water partition coefficient (Wildman–Crippen LogP) is 2.64. The molecular weight excluding hydrogens is 179 g/mol. The average molecular weight is 189 g/mol. The first-order valence-corrected chi connectivity index (χ1v) is 4.52. The molecule has 0 aromatic heterocycles. The molecule has 0 radical (unpaired) electrons. The predicted molar refractivity (Wildman–Crippen MR) is 50.8 cm³/mol. The van der Waals surface area contributed by atoms with Crippen LogP contribution in [-0.2, 0) is 0 Å². The Morgan fingerprint density at radius 2 is 1.18 bits per heavy atom. The lowest BCUT2D eigenvalue weighted by Crippen LogP contribution is -1.71. The molecule has 0 aliphatic heterocycles. The number of unbranched alkanes of at least 4 members (excludes halogenated alkanes) is 2. The maximum atomic E-state index is 5.35. The number of alkyl halides is 2. The van der Waals surface area contributed by atoms with Gasteiger partial charge in [-0.1, -0.05) is 11.8 Å². The Labute approximate surface area is 78.3 Å². The molecule has 11 heavy (non-hydrogen) atoms. The highest BCUT2D eigenvalue weighted by molar-refractivity contribution is 6.19. The molecule has 0 aliphatic rings. The van der Waals surface area contributed by atoms with Gasteiger partial charge in [0.05, 0.1) is 11.8 Å². The second-order valence-electron chi connectivity index (χ2n) is 1.83. The van der Waals surface area contributed by atoms with E-state index >= 15 is 0 Å². The fraction of sp³-hybridized carbons (Fsp3) is 0.556. The van der Waals surface area contributed by atoms with Gasteiger partial charge in [0, 0.05) is 12.8 Å². The molecule has 0 atom stereocenters. The van der Waals surface area contributed by atoms with Crippen molar-refractivity contribution < 1.29 is 0 Å². The van der Waals surface area contributed by atoms with Crippen molar-refractivity contribution in [1.29, 1.82) is 0 Å². The van der Waals surface area contributed by atoms with E-state index in [0.717, 1.165) is 19.3 Å². The van der Waals surface area contributed by atoms with Crippen molar-refractivity contribution >= 4 is 23.2 Å². The van der Waals surface area contributed by atoms with Crippen LogP contribution in [0, 0.1) is 23.7 Å². The summed E-state index contributed by atoms with van der Waals surface area (Å²) in [5, 5.41) is 0. The normalized spacial score (nSPS) is 7.45. The molecule has 0 amide bonds. The quantitative estimate of drug-likeness (QED) is 0.356. The molecule has 0 nitrogen and oxygen atoms in total. The van der Waals surface area contributed by atoms with Crippen LogP contribution in [0.15, 0.2) is 0 Å². The van der Waals surface area contributed by atoms with Crippen LogP contribution in [0.2, 0.25) is 0 Å². The summed E-state index contributed by atoms with van der Waals surface area (Å²) in [6.07, 6.45) is 2.77. The highest BCUT2D eigenvalue weighted by Gasteiger charge is 1.78. The molecule has 0 heterocycles. The van der Waals surface area contributed by atoms with Crippen LogP contribution in [-0.4, -0.2) is 11.8 Å². The zero-order valence-electron chi connectivity index (χ0n) is 6.29. The fourth-order valence-electron chi connectivity index (χ4n) is 0.536. The monoisotopic (exact) mass is 188 g/mol. The molecule has 0 aromatic carbocycles. The van der Waals surface area contributed by atoms with Gasteiger partial charge in [-0.15, -0.1) is 35.0 Å². The second-order valence-corrected chi connectivity index (χ2v) is 2.36. The molecule has 0 aliphatic carbocycles. The van der Waals surface area contributed by atoms with Crippen molar-refractivity contribution in [2.75, 3.05) is 11.8 Å². The van der Waals surface area contributed by atoms with Crippen molar-refractivity contribution in [2.45, 2.75) is 19.3 Å². The minimum absolute atomic E-state index is 0.424. The SMILES string of the molecule is ClCC#CCCCC#CCCl. The van der Waals surface area contributed by atoms with Crippen LogP contribution < -0.4 is 0 Å². The van der Waals surface area contributed by atoms with Crippen molar-refractivity contribution in [1.82, 2.24) is 0 Å². The number of hydrogen-bond acceptors (Lipinski definition) is 0. The Morgan fingerprint density at radius 3 is 1.55 bits per heavy atom. The van der Waals surface area contributed by atoms with E-state index < -0.39 is 0 Å². The minimum Gasteiger partial charge on any atom is -0.113 e. The summed E-state index contributed by atoms with van der Waals surface area (Å²) in [7, 11) is 0. The smallest absolute Gasteiger partial charge is 0.0835 e. The molecule has 0 saturated carbocycles. The molecule has 0 spiro atoms. The second kappa shape index (κ2) is 9.70. The van der Waals surface area contributed by atoms with Crippen LogP contribution in [0.1, 0.15) is 19.3 Å². The molecule has 0 rings (SSSR count). The van der Waals surface area contributed by atoms with Crippen molar-refractivity contribution in [3.63, 3.8) is 0 Å². The molecule has 0 N–H and O–H groups in total. The Bertz CT molecular complexity index is 165. The zero-order valence-corrected chi connectivity index (χ0v) is 7.80. The number of rotatable bonds is 2. The fourth-order valence-corrected chi connectivity index (χ4v) is 0.725. The van der Waals surface area contributed by atoms with E-state index in [1.807, 2.05) is 0 Å². The molecular formula is C9H10Cl2. The summed E-state index contributed by atoms with van der Waals surface area (Å²) in [5.41, 5.74) is 0. The molecule has 60 valence electrons.